The largest absolute Gasteiger partial charge is 0.444 e. The van der Waals surface area contributed by atoms with Gasteiger partial charge in [-0.1, -0.05) is 6.92 Å². The third-order valence-corrected chi connectivity index (χ3v) is 2.58. The Kier molecular flexibility index (Phi) is 3.73. The number of aromatic nitrogens is 3. The molecule has 0 saturated carbocycles. The van der Waals surface area contributed by atoms with Gasteiger partial charge < -0.3 is 9.73 Å². The Morgan fingerprint density at radius 3 is 2.88 bits per heavy atom. The van der Waals surface area contributed by atoms with Crippen LogP contribution in [-0.4, -0.2) is 15.0 Å². The molecule has 0 aliphatic heterocycles. The highest BCUT2D eigenvalue weighted by atomic mass is 79.9. The molecule has 0 amide bonds. The van der Waals surface area contributed by atoms with E-state index < -0.39 is 0 Å². The van der Waals surface area contributed by atoms with Crippen LogP contribution in [0, 0.1) is 6.92 Å². The average molecular weight is 297 g/mol. The van der Waals surface area contributed by atoms with Crippen LogP contribution in [0.3, 0.4) is 0 Å². The molecule has 0 aliphatic carbocycles. The summed E-state index contributed by atoms with van der Waals surface area (Å²) in [4.78, 5) is 12.6. The van der Waals surface area contributed by atoms with Crippen LogP contribution in [0.5, 0.6) is 0 Å². The van der Waals surface area contributed by atoms with Crippen LogP contribution in [0.2, 0.25) is 0 Å². The number of hydrogen-bond donors (Lipinski definition) is 1. The monoisotopic (exact) mass is 296 g/mol. The van der Waals surface area contributed by atoms with Gasteiger partial charge in [0, 0.05) is 12.5 Å². The fourth-order valence-electron chi connectivity index (χ4n) is 1.38. The van der Waals surface area contributed by atoms with E-state index in [9.17, 15) is 0 Å². The van der Waals surface area contributed by atoms with Gasteiger partial charge in [-0.05, 0) is 22.9 Å². The zero-order chi connectivity index (χ0) is 12.3. The molecule has 6 heteroatoms. The van der Waals surface area contributed by atoms with Crippen LogP contribution < -0.4 is 5.32 Å². The standard InChI is InChI=1S/C11H13BrN4O/c1-3-8-5-14-11(17-8)6-13-10-4-9(12)15-7(2)16-10/h4-5H,3,6H2,1-2H3,(H,13,15,16). The smallest absolute Gasteiger partial charge is 0.213 e. The molecule has 5 nitrogen and oxygen atoms in total. The van der Waals surface area contributed by atoms with Crippen molar-refractivity contribution in [3.63, 3.8) is 0 Å². The summed E-state index contributed by atoms with van der Waals surface area (Å²) < 4.78 is 6.24. The second-order valence-corrected chi connectivity index (χ2v) is 4.36. The molecular weight excluding hydrogens is 284 g/mol. The van der Waals surface area contributed by atoms with E-state index in [1.807, 2.05) is 19.9 Å². The molecule has 2 rings (SSSR count). The molecule has 0 radical (unpaired) electrons. The van der Waals surface area contributed by atoms with Crippen molar-refractivity contribution in [3.8, 4) is 0 Å². The van der Waals surface area contributed by atoms with Crippen molar-refractivity contribution >= 4 is 21.7 Å². The van der Waals surface area contributed by atoms with E-state index in [1.165, 1.54) is 0 Å². The van der Waals surface area contributed by atoms with Crippen molar-refractivity contribution in [1.82, 2.24) is 15.0 Å². The van der Waals surface area contributed by atoms with Crippen molar-refractivity contribution in [3.05, 3.63) is 34.3 Å². The fourth-order valence-corrected chi connectivity index (χ4v) is 1.85. The fraction of sp³-hybridized carbons (Fsp3) is 0.364. The summed E-state index contributed by atoms with van der Waals surface area (Å²) in [5.74, 6) is 3.01. The normalized spacial score (nSPS) is 10.5. The predicted molar refractivity (Wildman–Crippen MR) is 67.7 cm³/mol. The molecule has 0 saturated heterocycles. The van der Waals surface area contributed by atoms with Gasteiger partial charge in [-0.25, -0.2) is 15.0 Å². The minimum Gasteiger partial charge on any atom is -0.444 e. The highest BCUT2D eigenvalue weighted by Crippen LogP contribution is 2.13. The van der Waals surface area contributed by atoms with Crippen LogP contribution in [0.4, 0.5) is 5.82 Å². The van der Waals surface area contributed by atoms with Crippen LogP contribution in [-0.2, 0) is 13.0 Å². The summed E-state index contributed by atoms with van der Waals surface area (Å²) in [7, 11) is 0. The van der Waals surface area contributed by atoms with Gasteiger partial charge in [0.15, 0.2) is 0 Å². The Labute approximate surface area is 108 Å². The van der Waals surface area contributed by atoms with Crippen molar-refractivity contribution in [2.24, 2.45) is 0 Å². The Morgan fingerprint density at radius 2 is 2.24 bits per heavy atom. The van der Waals surface area contributed by atoms with Crippen molar-refractivity contribution < 1.29 is 4.42 Å². The summed E-state index contributed by atoms with van der Waals surface area (Å²) in [6, 6.07) is 1.82. The summed E-state index contributed by atoms with van der Waals surface area (Å²) in [6.45, 7) is 4.39. The Hall–Kier alpha value is -1.43. The molecule has 2 aromatic heterocycles. The van der Waals surface area contributed by atoms with Crippen molar-refractivity contribution in [1.29, 1.82) is 0 Å². The highest BCUT2D eigenvalue weighted by Gasteiger charge is 2.04. The quantitative estimate of drug-likeness (QED) is 0.879. The number of oxazole rings is 1. The number of halogens is 1. The second kappa shape index (κ2) is 5.27. The Balaban J connectivity index is 2.01. The van der Waals surface area contributed by atoms with Gasteiger partial charge in [0.2, 0.25) is 5.89 Å². The first-order valence-electron chi connectivity index (χ1n) is 5.36. The first kappa shape index (κ1) is 12.0. The molecule has 0 aliphatic rings. The highest BCUT2D eigenvalue weighted by molar-refractivity contribution is 9.10. The van der Waals surface area contributed by atoms with Crippen LogP contribution >= 0.6 is 15.9 Å². The molecule has 90 valence electrons. The van der Waals surface area contributed by atoms with E-state index in [4.69, 9.17) is 4.42 Å². The lowest BCUT2D eigenvalue weighted by Crippen LogP contribution is -2.03. The summed E-state index contributed by atoms with van der Waals surface area (Å²) in [5, 5.41) is 3.14. The maximum absolute atomic E-state index is 5.49. The Morgan fingerprint density at radius 1 is 1.41 bits per heavy atom. The van der Waals surface area contributed by atoms with Gasteiger partial charge in [0.05, 0.1) is 12.7 Å². The average Bonchev–Trinajstić information content (AvgIpc) is 2.73. The molecule has 0 aromatic carbocycles. The molecule has 0 atom stereocenters. The lowest BCUT2D eigenvalue weighted by molar-refractivity contribution is 0.465. The Bertz CT molecular complexity index is 492. The number of anilines is 1. The van der Waals surface area contributed by atoms with Gasteiger partial charge in [-0.15, -0.1) is 0 Å². The second-order valence-electron chi connectivity index (χ2n) is 3.55. The molecular formula is C11H13BrN4O. The SMILES string of the molecule is CCc1cnc(CNc2cc(Br)nc(C)n2)o1. The zero-order valence-electron chi connectivity index (χ0n) is 9.70. The van der Waals surface area contributed by atoms with Crippen LogP contribution in [0.25, 0.3) is 0 Å². The molecule has 17 heavy (non-hydrogen) atoms. The van der Waals surface area contributed by atoms with E-state index in [2.05, 4.69) is 36.2 Å². The third kappa shape index (κ3) is 3.26. The van der Waals surface area contributed by atoms with E-state index >= 15 is 0 Å². The number of rotatable bonds is 4. The van der Waals surface area contributed by atoms with Crippen LogP contribution in [0.1, 0.15) is 24.4 Å². The van der Waals surface area contributed by atoms with Crippen LogP contribution in [0.15, 0.2) is 21.3 Å². The van der Waals surface area contributed by atoms with E-state index in [0.29, 0.717) is 18.3 Å². The number of hydrogen-bond acceptors (Lipinski definition) is 5. The molecule has 0 unspecified atom stereocenters. The minimum atomic E-state index is 0.517. The third-order valence-electron chi connectivity index (χ3n) is 2.18. The van der Waals surface area contributed by atoms with E-state index in [-0.39, 0.29) is 0 Å². The van der Waals surface area contributed by atoms with Gasteiger partial charge in [-0.3, -0.25) is 0 Å². The van der Waals surface area contributed by atoms with Gasteiger partial charge in [0.25, 0.3) is 0 Å². The molecule has 0 fully saturated rings. The molecule has 0 bridgehead atoms. The first-order chi connectivity index (χ1) is 8.17. The van der Waals surface area contributed by atoms with Crippen molar-refractivity contribution in [2.45, 2.75) is 26.8 Å². The topological polar surface area (TPSA) is 63.8 Å². The minimum absolute atomic E-state index is 0.517. The molecule has 0 spiro atoms. The van der Waals surface area contributed by atoms with Gasteiger partial charge in [0.1, 0.15) is 22.0 Å². The molecule has 1 N–H and O–H groups in total. The number of aryl methyl sites for hydroxylation is 2. The first-order valence-corrected chi connectivity index (χ1v) is 6.15. The maximum Gasteiger partial charge on any atom is 0.213 e. The molecule has 2 heterocycles. The lowest BCUT2D eigenvalue weighted by Gasteiger charge is -2.04. The van der Waals surface area contributed by atoms with E-state index in [0.717, 1.165) is 22.6 Å². The molecule has 2 aromatic rings. The summed E-state index contributed by atoms with van der Waals surface area (Å²) in [5.41, 5.74) is 0. The predicted octanol–water partition coefficient (Wildman–Crippen LogP) is 2.71. The summed E-state index contributed by atoms with van der Waals surface area (Å²) >= 11 is 3.32. The zero-order valence-corrected chi connectivity index (χ0v) is 11.3. The maximum atomic E-state index is 5.49. The number of nitrogens with one attached hydrogen (secondary N) is 1. The lowest BCUT2D eigenvalue weighted by atomic mass is 10.4. The summed E-state index contributed by atoms with van der Waals surface area (Å²) in [6.07, 6.45) is 2.60. The van der Waals surface area contributed by atoms with E-state index in [1.54, 1.807) is 6.20 Å². The van der Waals surface area contributed by atoms with Crippen molar-refractivity contribution in [2.75, 3.05) is 5.32 Å². The van der Waals surface area contributed by atoms with Gasteiger partial charge >= 0.3 is 0 Å². The van der Waals surface area contributed by atoms with Gasteiger partial charge in [-0.2, -0.15) is 0 Å². The number of nitrogens with zero attached hydrogens (tertiary/aromatic N) is 3.